The summed E-state index contributed by atoms with van der Waals surface area (Å²) in [5, 5.41) is 1.20. The first kappa shape index (κ1) is 16.4. The fraction of sp³-hybridized carbons (Fsp3) is 0.500. The SMILES string of the molecule is COc1cccc([Si](C)(Cl)CCC[Si](C)(Cl)Cl)c1. The van der Waals surface area contributed by atoms with Gasteiger partial charge in [-0.05, 0) is 36.0 Å². The molecule has 0 radical (unpaired) electrons. The Hall–Kier alpha value is 0.324. The van der Waals surface area contributed by atoms with Crippen LogP contribution in [0.25, 0.3) is 0 Å². The van der Waals surface area contributed by atoms with Crippen molar-refractivity contribution in [3.05, 3.63) is 24.3 Å². The van der Waals surface area contributed by atoms with E-state index >= 15 is 0 Å². The van der Waals surface area contributed by atoms with Gasteiger partial charge in [-0.15, -0.1) is 22.2 Å². The molecule has 0 heterocycles. The molecular weight excluding hydrogens is 323 g/mol. The summed E-state index contributed by atoms with van der Waals surface area (Å²) in [5.41, 5.74) is 0. The first-order chi connectivity index (χ1) is 8.24. The number of methoxy groups -OCH3 is 1. The van der Waals surface area contributed by atoms with Gasteiger partial charge in [0.25, 0.3) is 0 Å². The largest absolute Gasteiger partial charge is 0.497 e. The fourth-order valence-electron chi connectivity index (χ4n) is 1.82. The average molecular weight is 342 g/mol. The predicted molar refractivity (Wildman–Crippen MR) is 87.7 cm³/mol. The van der Waals surface area contributed by atoms with Crippen molar-refractivity contribution in [3.63, 3.8) is 0 Å². The van der Waals surface area contributed by atoms with Gasteiger partial charge in [0.2, 0.25) is 6.69 Å². The van der Waals surface area contributed by atoms with Gasteiger partial charge in [0.1, 0.15) is 5.75 Å². The third-order valence-electron chi connectivity index (χ3n) is 2.93. The monoisotopic (exact) mass is 340 g/mol. The van der Waals surface area contributed by atoms with Crippen LogP contribution in [0.15, 0.2) is 24.3 Å². The molecule has 0 saturated heterocycles. The molecule has 102 valence electrons. The molecule has 18 heavy (non-hydrogen) atoms. The van der Waals surface area contributed by atoms with E-state index in [9.17, 15) is 0 Å². The van der Waals surface area contributed by atoms with Gasteiger partial charge in [-0.1, -0.05) is 25.1 Å². The van der Waals surface area contributed by atoms with Gasteiger partial charge >= 0.3 is 0 Å². The standard InChI is InChI=1S/C12H19Cl3OSi2/c1-16-11-6-4-7-12(10-11)17(2,13)8-5-9-18(3,14)15/h4,6-7,10H,5,8-9H2,1-3H3. The molecule has 0 saturated carbocycles. The third kappa shape index (κ3) is 5.53. The zero-order chi connectivity index (χ0) is 13.8. The van der Waals surface area contributed by atoms with E-state index in [1.807, 2.05) is 24.7 Å². The molecule has 1 aromatic rings. The molecule has 0 aliphatic heterocycles. The van der Waals surface area contributed by atoms with Crippen LogP contribution in [0.3, 0.4) is 0 Å². The van der Waals surface area contributed by atoms with E-state index in [-0.39, 0.29) is 0 Å². The van der Waals surface area contributed by atoms with E-state index in [1.165, 1.54) is 5.19 Å². The van der Waals surface area contributed by atoms with Crippen molar-refractivity contribution in [3.8, 4) is 5.75 Å². The van der Waals surface area contributed by atoms with Crippen molar-refractivity contribution < 1.29 is 4.74 Å². The van der Waals surface area contributed by atoms with E-state index in [0.717, 1.165) is 24.3 Å². The summed E-state index contributed by atoms with van der Waals surface area (Å²) in [6, 6.07) is 9.94. The van der Waals surface area contributed by atoms with E-state index < -0.39 is 14.1 Å². The number of ether oxygens (including phenoxy) is 1. The normalized spacial score (nSPS) is 15.2. The number of halogens is 3. The first-order valence-electron chi connectivity index (χ1n) is 5.96. The van der Waals surface area contributed by atoms with Gasteiger partial charge in [-0.25, -0.2) is 0 Å². The maximum Gasteiger partial charge on any atom is 0.248 e. The lowest BCUT2D eigenvalue weighted by Gasteiger charge is -2.21. The average Bonchev–Trinajstić information content (AvgIpc) is 2.27. The highest BCUT2D eigenvalue weighted by Crippen LogP contribution is 2.27. The molecule has 1 atom stereocenters. The van der Waals surface area contributed by atoms with Crippen molar-refractivity contribution >= 4 is 52.5 Å². The summed E-state index contributed by atoms with van der Waals surface area (Å²) in [6.45, 7) is 2.12. The lowest BCUT2D eigenvalue weighted by atomic mass is 10.3. The summed E-state index contributed by atoms with van der Waals surface area (Å²) in [4.78, 5) is 0. The number of benzene rings is 1. The highest BCUT2D eigenvalue weighted by Gasteiger charge is 2.29. The Morgan fingerprint density at radius 1 is 1.11 bits per heavy atom. The van der Waals surface area contributed by atoms with Crippen molar-refractivity contribution in [1.29, 1.82) is 0 Å². The molecule has 0 amide bonds. The Labute approximate surface area is 126 Å². The van der Waals surface area contributed by atoms with Crippen molar-refractivity contribution in [1.82, 2.24) is 0 Å². The van der Waals surface area contributed by atoms with Crippen LogP contribution in [0, 0.1) is 0 Å². The first-order valence-corrected chi connectivity index (χ1v) is 14.4. The Kier molecular flexibility index (Phi) is 6.06. The minimum absolute atomic E-state index is 0.862. The Bertz CT molecular complexity index is 391. The maximum atomic E-state index is 6.73. The summed E-state index contributed by atoms with van der Waals surface area (Å²) >= 11 is 19.0. The lowest BCUT2D eigenvalue weighted by molar-refractivity contribution is 0.415. The molecular formula is C12H19Cl3OSi2. The van der Waals surface area contributed by atoms with Crippen LogP contribution >= 0.6 is 33.2 Å². The number of hydrogen-bond donors (Lipinski definition) is 0. The lowest BCUT2D eigenvalue weighted by Crippen LogP contribution is -2.38. The zero-order valence-electron chi connectivity index (χ0n) is 11.0. The van der Waals surface area contributed by atoms with Crippen molar-refractivity contribution in [2.24, 2.45) is 0 Å². The molecule has 0 N–H and O–H groups in total. The molecule has 1 aromatic carbocycles. The van der Waals surface area contributed by atoms with E-state index in [2.05, 4.69) is 12.6 Å². The second-order valence-electron chi connectivity index (χ2n) is 4.85. The van der Waals surface area contributed by atoms with E-state index in [4.69, 9.17) is 38.0 Å². The van der Waals surface area contributed by atoms with Gasteiger partial charge in [0.05, 0.1) is 7.11 Å². The number of hydrogen-bond acceptors (Lipinski definition) is 1. The highest BCUT2D eigenvalue weighted by atomic mass is 35.7. The van der Waals surface area contributed by atoms with Crippen molar-refractivity contribution in [2.75, 3.05) is 7.11 Å². The second-order valence-corrected chi connectivity index (χ2v) is 19.1. The van der Waals surface area contributed by atoms with Gasteiger partial charge in [0.15, 0.2) is 7.38 Å². The zero-order valence-corrected chi connectivity index (χ0v) is 15.2. The predicted octanol–water partition coefficient (Wildman–Crippen LogP) is 4.66. The third-order valence-corrected chi connectivity index (χ3v) is 9.33. The topological polar surface area (TPSA) is 9.23 Å². The molecule has 1 nitrogen and oxygen atoms in total. The summed E-state index contributed by atoms with van der Waals surface area (Å²) in [5.74, 6) is 0.862. The summed E-state index contributed by atoms with van der Waals surface area (Å²) < 4.78 is 5.24. The van der Waals surface area contributed by atoms with Crippen LogP contribution in [0.5, 0.6) is 5.75 Å². The minimum Gasteiger partial charge on any atom is -0.497 e. The maximum absolute atomic E-state index is 6.73. The van der Waals surface area contributed by atoms with E-state index in [0.29, 0.717) is 0 Å². The van der Waals surface area contributed by atoms with Gasteiger partial charge < -0.3 is 4.74 Å². The minimum atomic E-state index is -1.99. The van der Waals surface area contributed by atoms with Crippen LogP contribution < -0.4 is 9.92 Å². The summed E-state index contributed by atoms with van der Waals surface area (Å²) in [7, 11) is -0.259. The Morgan fingerprint density at radius 3 is 2.33 bits per heavy atom. The Morgan fingerprint density at radius 2 is 1.78 bits per heavy atom. The fourth-order valence-corrected chi connectivity index (χ4v) is 6.55. The van der Waals surface area contributed by atoms with Crippen LogP contribution in [0.1, 0.15) is 6.42 Å². The molecule has 0 bridgehead atoms. The second kappa shape index (κ2) is 6.66. The molecule has 6 heteroatoms. The molecule has 0 aliphatic carbocycles. The smallest absolute Gasteiger partial charge is 0.248 e. The Balaban J connectivity index is 2.67. The van der Waals surface area contributed by atoms with Gasteiger partial charge in [0, 0.05) is 0 Å². The molecule has 1 rings (SSSR count). The molecule has 0 fully saturated rings. The van der Waals surface area contributed by atoms with Gasteiger partial charge in [-0.2, -0.15) is 11.1 Å². The quantitative estimate of drug-likeness (QED) is 0.540. The van der Waals surface area contributed by atoms with Crippen LogP contribution in [0.4, 0.5) is 0 Å². The number of rotatable bonds is 6. The van der Waals surface area contributed by atoms with Crippen LogP contribution in [0.2, 0.25) is 25.2 Å². The summed E-state index contributed by atoms with van der Waals surface area (Å²) in [6.07, 6.45) is 0.999. The highest BCUT2D eigenvalue weighted by molar-refractivity contribution is 7.44. The molecule has 0 aliphatic rings. The van der Waals surface area contributed by atoms with Crippen molar-refractivity contribution in [2.45, 2.75) is 31.6 Å². The van der Waals surface area contributed by atoms with Crippen LogP contribution in [-0.2, 0) is 0 Å². The van der Waals surface area contributed by atoms with Gasteiger partial charge in [-0.3, -0.25) is 0 Å². The van der Waals surface area contributed by atoms with E-state index in [1.54, 1.807) is 7.11 Å². The van der Waals surface area contributed by atoms with Crippen LogP contribution in [-0.4, -0.2) is 21.2 Å². The molecule has 1 unspecified atom stereocenters. The molecule has 0 aromatic heterocycles. The molecule has 0 spiro atoms.